The van der Waals surface area contributed by atoms with Gasteiger partial charge in [0, 0.05) is 6.07 Å². The fourth-order valence-corrected chi connectivity index (χ4v) is 2.30. The zero-order valence-electron chi connectivity index (χ0n) is 11.0. The quantitative estimate of drug-likeness (QED) is 0.529. The summed E-state index contributed by atoms with van der Waals surface area (Å²) in [4.78, 5) is 11.5. The molecule has 0 atom stereocenters. The lowest BCUT2D eigenvalue weighted by atomic mass is 10.2. The number of rotatable bonds is 4. The van der Waals surface area contributed by atoms with Crippen molar-refractivity contribution in [3.63, 3.8) is 0 Å². The minimum atomic E-state index is -4.41. The van der Waals surface area contributed by atoms with Crippen LogP contribution in [0.15, 0.2) is 53.4 Å². The second-order valence-corrected chi connectivity index (χ2v) is 5.43. The monoisotopic (exact) mass is 308 g/mol. The largest absolute Gasteiger partial charge is 0.495 e. The Bertz CT molecular complexity index is 752. The molecule has 0 heterocycles. The van der Waals surface area contributed by atoms with Gasteiger partial charge in [0.05, 0.1) is 12.7 Å². The molecule has 0 saturated heterocycles. The lowest BCUT2D eigenvalue weighted by Crippen LogP contribution is -2.09. The number of carbonyl (C=O) groups is 1. The molecule has 0 fully saturated rings. The number of hydrogen-bond acceptors (Lipinski definition) is 5. The fourth-order valence-electron chi connectivity index (χ4n) is 1.66. The molecule has 0 bridgehead atoms. The predicted molar refractivity (Wildman–Crippen MR) is 74.2 cm³/mol. The third-order valence-corrected chi connectivity index (χ3v) is 3.53. The van der Waals surface area contributed by atoms with E-state index in [-0.39, 0.29) is 11.5 Å². The first-order valence-electron chi connectivity index (χ1n) is 5.84. The second kappa shape index (κ2) is 5.94. The van der Waals surface area contributed by atoms with Gasteiger partial charge in [0.2, 0.25) is 0 Å². The molecule has 2 rings (SSSR count). The van der Waals surface area contributed by atoms with Crippen molar-refractivity contribution in [2.45, 2.75) is 4.90 Å². The number of esters is 1. The maximum absolute atomic E-state index is 11.9. The molecule has 2 aromatic rings. The summed E-state index contributed by atoms with van der Waals surface area (Å²) in [5.41, 5.74) is 0.357. The highest BCUT2D eigenvalue weighted by molar-refractivity contribution is 7.86. The van der Waals surface area contributed by atoms with Gasteiger partial charge in [0.25, 0.3) is 10.1 Å². The summed E-state index contributed by atoms with van der Waals surface area (Å²) in [5.74, 6) is -0.596. The molecule has 0 spiro atoms. The Morgan fingerprint density at radius 1 is 1.10 bits per heavy atom. The minimum absolute atomic E-state index is 0.105. The van der Waals surface area contributed by atoms with E-state index in [1.807, 2.05) is 0 Å². The molecule has 0 aliphatic heterocycles. The highest BCUT2D eigenvalue weighted by Crippen LogP contribution is 2.28. The van der Waals surface area contributed by atoms with Gasteiger partial charge in [0.1, 0.15) is 16.4 Å². The molecule has 6 nitrogen and oxygen atoms in total. The van der Waals surface area contributed by atoms with Crippen molar-refractivity contribution in [3.8, 4) is 11.5 Å². The molecular weight excluding hydrogens is 296 g/mol. The van der Waals surface area contributed by atoms with Crippen molar-refractivity contribution >= 4 is 16.1 Å². The van der Waals surface area contributed by atoms with Gasteiger partial charge in [-0.05, 0) is 24.3 Å². The van der Waals surface area contributed by atoms with Crippen molar-refractivity contribution < 1.29 is 27.2 Å². The average molecular weight is 308 g/mol. The Morgan fingerprint density at radius 2 is 1.76 bits per heavy atom. The van der Waals surface area contributed by atoms with Crippen LogP contribution < -0.4 is 9.47 Å². The van der Waals surface area contributed by atoms with Crippen molar-refractivity contribution in [2.24, 2.45) is 0 Å². The van der Waals surface area contributed by atoms with Crippen LogP contribution in [-0.4, -0.2) is 26.0 Å². The van der Waals surface area contributed by atoms with E-state index in [9.17, 15) is 13.2 Å². The average Bonchev–Trinajstić information content (AvgIpc) is 2.46. The molecule has 0 unspecified atom stereocenters. The zero-order valence-corrected chi connectivity index (χ0v) is 11.8. The maximum atomic E-state index is 11.9. The summed E-state index contributed by atoms with van der Waals surface area (Å²) in [6.45, 7) is 0. The third-order valence-electron chi connectivity index (χ3n) is 2.63. The normalized spacial score (nSPS) is 11.0. The van der Waals surface area contributed by atoms with E-state index >= 15 is 0 Å². The third kappa shape index (κ3) is 3.59. The standard InChI is InChI=1S/C14H12O6S/c1-19-12-9-11(7-8-13(12)21(16,17)18)20-14(15)10-5-3-2-4-6-10/h2-9H,1H3,(H,16,17,18). The molecule has 2 aromatic carbocycles. The lowest BCUT2D eigenvalue weighted by Gasteiger charge is -2.09. The number of methoxy groups -OCH3 is 1. The van der Waals surface area contributed by atoms with Gasteiger partial charge in [-0.15, -0.1) is 0 Å². The van der Waals surface area contributed by atoms with Crippen molar-refractivity contribution in [1.29, 1.82) is 0 Å². The van der Waals surface area contributed by atoms with E-state index in [0.29, 0.717) is 5.56 Å². The molecule has 0 aliphatic carbocycles. The smallest absolute Gasteiger partial charge is 0.343 e. The molecule has 110 valence electrons. The lowest BCUT2D eigenvalue weighted by molar-refractivity contribution is 0.0734. The molecule has 0 radical (unpaired) electrons. The molecule has 21 heavy (non-hydrogen) atoms. The summed E-state index contributed by atoms with van der Waals surface area (Å²) in [7, 11) is -3.17. The number of carbonyl (C=O) groups excluding carboxylic acids is 1. The Balaban J connectivity index is 2.28. The van der Waals surface area contributed by atoms with Gasteiger partial charge >= 0.3 is 5.97 Å². The van der Waals surface area contributed by atoms with Crippen LogP contribution in [-0.2, 0) is 10.1 Å². The van der Waals surface area contributed by atoms with Crippen LogP contribution in [0.2, 0.25) is 0 Å². The highest BCUT2D eigenvalue weighted by Gasteiger charge is 2.18. The zero-order chi connectivity index (χ0) is 15.5. The number of benzene rings is 2. The molecule has 0 saturated carbocycles. The van der Waals surface area contributed by atoms with E-state index in [4.69, 9.17) is 14.0 Å². The molecule has 7 heteroatoms. The van der Waals surface area contributed by atoms with E-state index in [1.54, 1.807) is 30.3 Å². The van der Waals surface area contributed by atoms with Gasteiger partial charge in [0.15, 0.2) is 0 Å². The van der Waals surface area contributed by atoms with Crippen LogP contribution in [0, 0.1) is 0 Å². The van der Waals surface area contributed by atoms with E-state index in [1.165, 1.54) is 19.2 Å². The van der Waals surface area contributed by atoms with Gasteiger partial charge in [-0.25, -0.2) is 4.79 Å². The van der Waals surface area contributed by atoms with Crippen LogP contribution in [0.3, 0.4) is 0 Å². The summed E-state index contributed by atoms with van der Waals surface area (Å²) in [5, 5.41) is 0. The SMILES string of the molecule is COc1cc(OC(=O)c2ccccc2)ccc1S(=O)(=O)O. The Labute approximate surface area is 121 Å². The first-order valence-corrected chi connectivity index (χ1v) is 7.28. The molecule has 0 amide bonds. The molecule has 0 aromatic heterocycles. The summed E-state index contributed by atoms with van der Waals surface area (Å²) >= 11 is 0. The van der Waals surface area contributed by atoms with Gasteiger partial charge < -0.3 is 9.47 Å². The summed E-state index contributed by atoms with van der Waals surface area (Å²) in [6.07, 6.45) is 0. The topological polar surface area (TPSA) is 89.9 Å². The second-order valence-electron chi connectivity index (χ2n) is 4.04. The van der Waals surface area contributed by atoms with Crippen LogP contribution in [0.5, 0.6) is 11.5 Å². The van der Waals surface area contributed by atoms with Crippen LogP contribution in [0.25, 0.3) is 0 Å². The van der Waals surface area contributed by atoms with E-state index in [0.717, 1.165) is 6.07 Å². The molecule has 0 aliphatic rings. The van der Waals surface area contributed by atoms with E-state index < -0.39 is 21.0 Å². The maximum Gasteiger partial charge on any atom is 0.343 e. The Kier molecular flexibility index (Phi) is 4.25. The summed E-state index contributed by atoms with van der Waals surface area (Å²) < 4.78 is 41.3. The van der Waals surface area contributed by atoms with Crippen molar-refractivity contribution in [1.82, 2.24) is 0 Å². The Morgan fingerprint density at radius 3 is 2.33 bits per heavy atom. The predicted octanol–water partition coefficient (Wildman–Crippen LogP) is 2.16. The van der Waals surface area contributed by atoms with Crippen LogP contribution in [0.4, 0.5) is 0 Å². The molecular formula is C14H12O6S. The van der Waals surface area contributed by atoms with Gasteiger partial charge in [-0.3, -0.25) is 4.55 Å². The van der Waals surface area contributed by atoms with Crippen LogP contribution >= 0.6 is 0 Å². The number of hydrogen-bond donors (Lipinski definition) is 1. The summed E-state index contributed by atoms with van der Waals surface area (Å²) in [6, 6.07) is 11.9. The number of ether oxygens (including phenoxy) is 2. The van der Waals surface area contributed by atoms with Gasteiger partial charge in [-0.1, -0.05) is 18.2 Å². The van der Waals surface area contributed by atoms with E-state index in [2.05, 4.69) is 0 Å². The van der Waals surface area contributed by atoms with Crippen molar-refractivity contribution in [3.05, 3.63) is 54.1 Å². The Hall–Kier alpha value is -2.38. The van der Waals surface area contributed by atoms with Crippen molar-refractivity contribution in [2.75, 3.05) is 7.11 Å². The first-order chi connectivity index (χ1) is 9.91. The molecule has 1 N–H and O–H groups in total. The van der Waals surface area contributed by atoms with Crippen LogP contribution in [0.1, 0.15) is 10.4 Å². The fraction of sp³-hybridized carbons (Fsp3) is 0.0714. The van der Waals surface area contributed by atoms with Gasteiger partial charge in [-0.2, -0.15) is 8.42 Å². The first kappa shape index (κ1) is 15.0. The highest BCUT2D eigenvalue weighted by atomic mass is 32.2. The minimum Gasteiger partial charge on any atom is -0.495 e.